The summed E-state index contributed by atoms with van der Waals surface area (Å²) < 4.78 is 1.81. The van der Waals surface area contributed by atoms with Crippen LogP contribution < -0.4 is 5.49 Å². The number of nitrogens with zero attached hydrogens (tertiary/aromatic N) is 2. The molecular weight excluding hydrogens is 232 g/mol. The van der Waals surface area contributed by atoms with Crippen molar-refractivity contribution in [3.05, 3.63) is 71.3 Å². The minimum absolute atomic E-state index is 0.649. The second kappa shape index (κ2) is 5.51. The van der Waals surface area contributed by atoms with E-state index in [9.17, 15) is 0 Å². The second-order valence-corrected chi connectivity index (χ2v) is 4.03. The van der Waals surface area contributed by atoms with Crippen LogP contribution in [0, 0.1) is 0 Å². The fraction of sp³-hybridized carbons (Fsp3) is 0.0714. The van der Waals surface area contributed by atoms with Crippen LogP contribution in [0.4, 0.5) is 0 Å². The highest BCUT2D eigenvalue weighted by molar-refractivity contribution is 6.30. The zero-order chi connectivity index (χ0) is 12.1. The lowest BCUT2D eigenvalue weighted by Crippen LogP contribution is -2.15. The highest BCUT2D eigenvalue weighted by atomic mass is 35.5. The first-order chi connectivity index (χ1) is 8.29. The third-order valence-electron chi connectivity index (χ3n) is 2.38. The summed E-state index contributed by atoms with van der Waals surface area (Å²) >= 11 is 5.90. The lowest BCUT2D eigenvalue weighted by molar-refractivity contribution is 0.913. The Morgan fingerprint density at radius 1 is 1.18 bits per heavy atom. The molecule has 0 amide bonds. The largest absolute Gasteiger partial charge is 0.308 e. The van der Waals surface area contributed by atoms with E-state index < -0.39 is 0 Å². The van der Waals surface area contributed by atoms with Crippen molar-refractivity contribution in [2.75, 3.05) is 0 Å². The monoisotopic (exact) mass is 244 g/mol. The van der Waals surface area contributed by atoms with Crippen LogP contribution in [0.3, 0.4) is 0 Å². The Balaban J connectivity index is 2.31. The lowest BCUT2D eigenvalue weighted by atomic mass is 10.2. The molecule has 0 unspecified atom stereocenters. The van der Waals surface area contributed by atoms with Crippen LogP contribution in [0.5, 0.6) is 0 Å². The first-order valence-corrected chi connectivity index (χ1v) is 5.72. The molecule has 2 rings (SSSR count). The highest BCUT2D eigenvalue weighted by Gasteiger charge is 1.92. The number of benzene rings is 1. The fourth-order valence-corrected chi connectivity index (χ4v) is 1.69. The second-order valence-electron chi connectivity index (χ2n) is 3.60. The van der Waals surface area contributed by atoms with Gasteiger partial charge in [0.1, 0.15) is 5.49 Å². The Kier molecular flexibility index (Phi) is 3.78. The number of pyridine rings is 1. The molecular formula is C14H13ClN2. The Bertz CT molecular complexity index is 570. The molecule has 1 aromatic heterocycles. The average Bonchev–Trinajstić information content (AvgIpc) is 2.38. The van der Waals surface area contributed by atoms with Crippen molar-refractivity contribution in [2.24, 2.45) is 4.99 Å². The Morgan fingerprint density at radius 2 is 1.94 bits per heavy atom. The summed E-state index contributed by atoms with van der Waals surface area (Å²) in [4.78, 5) is 4.52. The highest BCUT2D eigenvalue weighted by Crippen LogP contribution is 2.04. The zero-order valence-electron chi connectivity index (χ0n) is 9.38. The maximum Gasteiger partial charge on any atom is 0.132 e. The van der Waals surface area contributed by atoms with Crippen LogP contribution in [-0.4, -0.2) is 4.57 Å². The molecule has 0 aliphatic heterocycles. The van der Waals surface area contributed by atoms with Gasteiger partial charge in [-0.3, -0.25) is 4.99 Å². The van der Waals surface area contributed by atoms with Gasteiger partial charge in [-0.05, 0) is 17.7 Å². The minimum Gasteiger partial charge on any atom is -0.308 e. The van der Waals surface area contributed by atoms with E-state index in [0.29, 0.717) is 11.6 Å². The molecule has 17 heavy (non-hydrogen) atoms. The SMILES string of the molecule is C=Cn1cc(Cl)ccc1=NCc1ccccc1. The molecule has 2 nitrogen and oxygen atoms in total. The van der Waals surface area contributed by atoms with E-state index in [2.05, 4.69) is 23.7 Å². The van der Waals surface area contributed by atoms with Gasteiger partial charge in [0.2, 0.25) is 0 Å². The van der Waals surface area contributed by atoms with E-state index in [-0.39, 0.29) is 0 Å². The van der Waals surface area contributed by atoms with Gasteiger partial charge in [-0.2, -0.15) is 0 Å². The maximum absolute atomic E-state index is 5.90. The van der Waals surface area contributed by atoms with Crippen molar-refractivity contribution in [1.82, 2.24) is 4.57 Å². The molecule has 1 aromatic carbocycles. The predicted octanol–water partition coefficient (Wildman–Crippen LogP) is 3.34. The number of rotatable bonds is 3. The van der Waals surface area contributed by atoms with Gasteiger partial charge < -0.3 is 4.57 Å². The number of halogens is 1. The molecule has 0 radical (unpaired) electrons. The van der Waals surface area contributed by atoms with Gasteiger partial charge in [-0.1, -0.05) is 48.5 Å². The van der Waals surface area contributed by atoms with Gasteiger partial charge >= 0.3 is 0 Å². The Hall–Kier alpha value is -1.80. The van der Waals surface area contributed by atoms with Crippen LogP contribution in [0.15, 0.2) is 60.2 Å². The molecule has 0 aliphatic rings. The molecule has 0 saturated carbocycles. The molecule has 0 fully saturated rings. The van der Waals surface area contributed by atoms with Gasteiger partial charge in [0.05, 0.1) is 11.6 Å². The Morgan fingerprint density at radius 3 is 2.65 bits per heavy atom. The molecule has 0 spiro atoms. The molecule has 0 saturated heterocycles. The molecule has 3 heteroatoms. The standard InChI is InChI=1S/C14H13ClN2/c1-2-17-11-13(15)8-9-14(17)16-10-12-6-4-3-5-7-12/h2-9,11H,1,10H2. The first kappa shape index (κ1) is 11.7. The molecule has 0 aliphatic carbocycles. The predicted molar refractivity (Wildman–Crippen MR) is 71.5 cm³/mol. The average molecular weight is 245 g/mol. The summed E-state index contributed by atoms with van der Waals surface area (Å²) in [7, 11) is 0. The van der Waals surface area contributed by atoms with E-state index in [1.807, 2.05) is 34.9 Å². The van der Waals surface area contributed by atoms with Crippen molar-refractivity contribution in [3.8, 4) is 0 Å². The van der Waals surface area contributed by atoms with Crippen LogP contribution in [-0.2, 0) is 6.54 Å². The normalized spacial score (nSPS) is 11.5. The van der Waals surface area contributed by atoms with E-state index in [1.165, 1.54) is 5.56 Å². The van der Waals surface area contributed by atoms with Gasteiger partial charge in [-0.15, -0.1) is 0 Å². The maximum atomic E-state index is 5.90. The zero-order valence-corrected chi connectivity index (χ0v) is 10.1. The summed E-state index contributed by atoms with van der Waals surface area (Å²) in [5.74, 6) is 0. The summed E-state index contributed by atoms with van der Waals surface area (Å²) in [6, 6.07) is 13.8. The summed E-state index contributed by atoms with van der Waals surface area (Å²) in [5.41, 5.74) is 2.02. The van der Waals surface area contributed by atoms with Crippen molar-refractivity contribution in [3.63, 3.8) is 0 Å². The number of aromatic nitrogens is 1. The van der Waals surface area contributed by atoms with E-state index >= 15 is 0 Å². The molecule has 2 aromatic rings. The van der Waals surface area contributed by atoms with Crippen LogP contribution in [0.1, 0.15) is 5.56 Å². The van der Waals surface area contributed by atoms with Crippen molar-refractivity contribution < 1.29 is 0 Å². The first-order valence-electron chi connectivity index (χ1n) is 5.34. The molecule has 0 N–H and O–H groups in total. The van der Waals surface area contributed by atoms with Gasteiger partial charge in [0, 0.05) is 12.4 Å². The van der Waals surface area contributed by atoms with Gasteiger partial charge in [0.25, 0.3) is 0 Å². The molecule has 86 valence electrons. The smallest absolute Gasteiger partial charge is 0.132 e. The quantitative estimate of drug-likeness (QED) is 0.788. The van der Waals surface area contributed by atoms with Crippen molar-refractivity contribution >= 4 is 17.8 Å². The molecule has 0 bridgehead atoms. The Labute approximate surface area is 106 Å². The van der Waals surface area contributed by atoms with E-state index in [4.69, 9.17) is 11.6 Å². The third-order valence-corrected chi connectivity index (χ3v) is 2.61. The number of hydrogen-bond donors (Lipinski definition) is 0. The minimum atomic E-state index is 0.649. The van der Waals surface area contributed by atoms with E-state index in [1.54, 1.807) is 12.4 Å². The molecule has 1 heterocycles. The van der Waals surface area contributed by atoms with Gasteiger partial charge in [-0.25, -0.2) is 0 Å². The summed E-state index contributed by atoms with van der Waals surface area (Å²) in [6.45, 7) is 4.38. The third kappa shape index (κ3) is 3.08. The van der Waals surface area contributed by atoms with Crippen molar-refractivity contribution in [1.29, 1.82) is 0 Å². The van der Waals surface area contributed by atoms with Gasteiger partial charge in [0.15, 0.2) is 0 Å². The van der Waals surface area contributed by atoms with Crippen LogP contribution in [0.25, 0.3) is 6.20 Å². The van der Waals surface area contributed by atoms with Crippen LogP contribution >= 0.6 is 11.6 Å². The summed E-state index contributed by atoms with van der Waals surface area (Å²) in [5, 5.41) is 0.670. The molecule has 0 atom stereocenters. The topological polar surface area (TPSA) is 17.3 Å². The lowest BCUT2D eigenvalue weighted by Gasteiger charge is -2.01. The summed E-state index contributed by atoms with van der Waals surface area (Å²) in [6.07, 6.45) is 3.48. The van der Waals surface area contributed by atoms with E-state index in [0.717, 1.165) is 5.49 Å². The van der Waals surface area contributed by atoms with Crippen LogP contribution in [0.2, 0.25) is 5.02 Å². The fourth-order valence-electron chi connectivity index (χ4n) is 1.52. The number of hydrogen-bond acceptors (Lipinski definition) is 1. The van der Waals surface area contributed by atoms with Crippen molar-refractivity contribution in [2.45, 2.75) is 6.54 Å².